The van der Waals surface area contributed by atoms with Gasteiger partial charge in [0.25, 0.3) is 0 Å². The van der Waals surface area contributed by atoms with Gasteiger partial charge in [-0.25, -0.2) is 0 Å². The average molecular weight is 382 g/mol. The summed E-state index contributed by atoms with van der Waals surface area (Å²) in [7, 11) is 1.67. The fourth-order valence-electron chi connectivity index (χ4n) is 3.30. The van der Waals surface area contributed by atoms with Crippen LogP contribution in [0.5, 0.6) is 5.75 Å². The number of nitrogens with zero attached hydrogens (tertiary/aromatic N) is 1. The van der Waals surface area contributed by atoms with E-state index in [4.69, 9.17) is 9.47 Å². The van der Waals surface area contributed by atoms with Gasteiger partial charge in [0.15, 0.2) is 0 Å². The van der Waals surface area contributed by atoms with Crippen molar-refractivity contribution in [3.8, 4) is 5.75 Å². The maximum absolute atomic E-state index is 12.8. The fourth-order valence-corrected chi connectivity index (χ4v) is 5.37. The van der Waals surface area contributed by atoms with Crippen molar-refractivity contribution >= 4 is 29.4 Å². The number of benzene rings is 1. The van der Waals surface area contributed by atoms with Gasteiger partial charge in [0.2, 0.25) is 5.91 Å². The molecule has 2 atom stereocenters. The van der Waals surface area contributed by atoms with Crippen molar-refractivity contribution < 1.29 is 14.3 Å². The topological polar surface area (TPSA) is 38.8 Å². The first-order valence-electron chi connectivity index (χ1n) is 9.02. The third-order valence-electron chi connectivity index (χ3n) is 4.74. The molecule has 0 aromatic heterocycles. The van der Waals surface area contributed by atoms with Gasteiger partial charge in [-0.05, 0) is 49.3 Å². The van der Waals surface area contributed by atoms with E-state index in [0.29, 0.717) is 12.5 Å². The predicted molar refractivity (Wildman–Crippen MR) is 105 cm³/mol. The van der Waals surface area contributed by atoms with Crippen LogP contribution < -0.4 is 4.74 Å². The second kappa shape index (κ2) is 9.74. The molecule has 1 amide bonds. The lowest BCUT2D eigenvalue weighted by molar-refractivity contribution is -0.134. The van der Waals surface area contributed by atoms with E-state index >= 15 is 0 Å². The lowest BCUT2D eigenvalue weighted by Crippen LogP contribution is -2.44. The molecule has 2 unspecified atom stereocenters. The van der Waals surface area contributed by atoms with Crippen LogP contribution in [-0.4, -0.2) is 60.5 Å². The van der Waals surface area contributed by atoms with Crippen LogP contribution in [0.15, 0.2) is 29.2 Å². The number of ether oxygens (including phenoxy) is 2. The Bertz CT molecular complexity index is 540. The van der Waals surface area contributed by atoms with E-state index in [9.17, 15) is 4.79 Å². The largest absolute Gasteiger partial charge is 0.497 e. The van der Waals surface area contributed by atoms with Crippen LogP contribution in [0.3, 0.4) is 0 Å². The van der Waals surface area contributed by atoms with Gasteiger partial charge in [-0.3, -0.25) is 4.79 Å². The molecule has 0 saturated carbocycles. The molecule has 2 aliphatic heterocycles. The normalized spacial score (nSPS) is 22.9. The molecule has 6 heteroatoms. The predicted octanol–water partition coefficient (Wildman–Crippen LogP) is 3.69. The van der Waals surface area contributed by atoms with Crippen molar-refractivity contribution in [2.24, 2.45) is 0 Å². The third-order valence-corrected chi connectivity index (χ3v) is 6.89. The average Bonchev–Trinajstić information content (AvgIpc) is 3.34. The van der Waals surface area contributed by atoms with Gasteiger partial charge in [0, 0.05) is 42.0 Å². The standard InChI is InChI=1S/C19H27NO3S2/c1-22-16-4-6-18(7-5-16)25-12-9-19(21)20(15-8-11-24-14-15)13-17-3-2-10-23-17/h4-7,15,17H,2-3,8-14H2,1H3. The fraction of sp³-hybridized carbons (Fsp3) is 0.632. The first kappa shape index (κ1) is 18.9. The maximum Gasteiger partial charge on any atom is 0.223 e. The highest BCUT2D eigenvalue weighted by molar-refractivity contribution is 7.99. The van der Waals surface area contributed by atoms with Gasteiger partial charge in [-0.15, -0.1) is 11.8 Å². The van der Waals surface area contributed by atoms with Gasteiger partial charge < -0.3 is 14.4 Å². The highest BCUT2D eigenvalue weighted by Crippen LogP contribution is 2.26. The van der Waals surface area contributed by atoms with Crippen molar-refractivity contribution in [1.82, 2.24) is 4.90 Å². The summed E-state index contributed by atoms with van der Waals surface area (Å²) in [6.07, 6.45) is 4.16. The molecule has 138 valence electrons. The highest BCUT2D eigenvalue weighted by Gasteiger charge is 2.30. The number of amides is 1. The SMILES string of the molecule is COc1ccc(SCCC(=O)N(CC2CCCO2)C2CCSC2)cc1. The molecule has 2 heterocycles. The first-order valence-corrected chi connectivity index (χ1v) is 11.2. The zero-order chi connectivity index (χ0) is 17.5. The second-order valence-electron chi connectivity index (χ2n) is 6.47. The van der Waals surface area contributed by atoms with Crippen molar-refractivity contribution in [2.75, 3.05) is 37.5 Å². The minimum absolute atomic E-state index is 0.240. The molecule has 0 aliphatic carbocycles. The Balaban J connectivity index is 1.50. The van der Waals surface area contributed by atoms with Crippen LogP contribution in [0.2, 0.25) is 0 Å². The van der Waals surface area contributed by atoms with Gasteiger partial charge in [0.05, 0.1) is 13.2 Å². The summed E-state index contributed by atoms with van der Waals surface area (Å²) in [6, 6.07) is 8.41. The molecule has 3 rings (SSSR count). The number of carbonyl (C=O) groups excluding carboxylic acids is 1. The molecule has 25 heavy (non-hydrogen) atoms. The van der Waals surface area contributed by atoms with E-state index in [1.807, 2.05) is 36.0 Å². The number of hydrogen-bond acceptors (Lipinski definition) is 5. The molecule has 1 aromatic carbocycles. The van der Waals surface area contributed by atoms with E-state index in [0.717, 1.165) is 49.7 Å². The van der Waals surface area contributed by atoms with Crippen molar-refractivity contribution in [1.29, 1.82) is 0 Å². The second-order valence-corrected chi connectivity index (χ2v) is 8.79. The molecular weight excluding hydrogens is 354 g/mol. The van der Waals surface area contributed by atoms with Gasteiger partial charge in [-0.2, -0.15) is 11.8 Å². The number of hydrogen-bond donors (Lipinski definition) is 0. The third kappa shape index (κ3) is 5.56. The lowest BCUT2D eigenvalue weighted by Gasteiger charge is -2.31. The van der Waals surface area contributed by atoms with Crippen LogP contribution in [0.4, 0.5) is 0 Å². The number of methoxy groups -OCH3 is 1. The molecular formula is C19H27NO3S2. The Morgan fingerprint density at radius 1 is 1.36 bits per heavy atom. The summed E-state index contributed by atoms with van der Waals surface area (Å²) < 4.78 is 11.0. The Morgan fingerprint density at radius 2 is 2.20 bits per heavy atom. The van der Waals surface area contributed by atoms with Crippen molar-refractivity contribution in [2.45, 2.75) is 42.7 Å². The number of thioether (sulfide) groups is 2. The molecule has 1 aromatic rings. The zero-order valence-corrected chi connectivity index (χ0v) is 16.4. The zero-order valence-electron chi connectivity index (χ0n) is 14.8. The molecule has 4 nitrogen and oxygen atoms in total. The van der Waals surface area contributed by atoms with Crippen LogP contribution in [0.25, 0.3) is 0 Å². The molecule has 0 bridgehead atoms. The van der Waals surface area contributed by atoms with Crippen molar-refractivity contribution in [3.05, 3.63) is 24.3 Å². The van der Waals surface area contributed by atoms with E-state index in [1.54, 1.807) is 18.9 Å². The monoisotopic (exact) mass is 381 g/mol. The summed E-state index contributed by atoms with van der Waals surface area (Å²) in [6.45, 7) is 1.62. The molecule has 2 saturated heterocycles. The summed E-state index contributed by atoms with van der Waals surface area (Å²) in [5.41, 5.74) is 0. The van der Waals surface area contributed by atoms with Gasteiger partial charge in [0.1, 0.15) is 5.75 Å². The molecule has 0 N–H and O–H groups in total. The van der Waals surface area contributed by atoms with E-state index in [-0.39, 0.29) is 12.0 Å². The minimum atomic E-state index is 0.240. The quantitative estimate of drug-likeness (QED) is 0.642. The Kier molecular flexibility index (Phi) is 7.37. The summed E-state index contributed by atoms with van der Waals surface area (Å²) in [5.74, 6) is 4.20. The van der Waals surface area contributed by atoms with Crippen molar-refractivity contribution in [3.63, 3.8) is 0 Å². The smallest absolute Gasteiger partial charge is 0.223 e. The van der Waals surface area contributed by atoms with Crippen LogP contribution >= 0.6 is 23.5 Å². The van der Waals surface area contributed by atoms with Gasteiger partial charge in [-0.1, -0.05) is 0 Å². The number of carbonyl (C=O) groups is 1. The van der Waals surface area contributed by atoms with Gasteiger partial charge >= 0.3 is 0 Å². The Labute approximate surface area is 159 Å². The number of rotatable bonds is 8. The van der Waals surface area contributed by atoms with Crippen LogP contribution in [-0.2, 0) is 9.53 Å². The highest BCUT2D eigenvalue weighted by atomic mass is 32.2. The Hall–Kier alpha value is -0.850. The maximum atomic E-state index is 12.8. The lowest BCUT2D eigenvalue weighted by atomic mass is 10.1. The Morgan fingerprint density at radius 3 is 2.84 bits per heavy atom. The van der Waals surface area contributed by atoms with E-state index in [1.165, 1.54) is 10.6 Å². The van der Waals surface area contributed by atoms with Crippen LogP contribution in [0.1, 0.15) is 25.7 Å². The minimum Gasteiger partial charge on any atom is -0.497 e. The van der Waals surface area contributed by atoms with E-state index in [2.05, 4.69) is 4.90 Å². The summed E-state index contributed by atoms with van der Waals surface area (Å²) >= 11 is 3.69. The first-order chi connectivity index (χ1) is 12.3. The summed E-state index contributed by atoms with van der Waals surface area (Å²) in [5, 5.41) is 0. The summed E-state index contributed by atoms with van der Waals surface area (Å²) in [4.78, 5) is 16.1. The van der Waals surface area contributed by atoms with Crippen LogP contribution in [0, 0.1) is 0 Å². The van der Waals surface area contributed by atoms with E-state index < -0.39 is 0 Å². The molecule has 2 aliphatic rings. The molecule has 0 radical (unpaired) electrons. The molecule has 2 fully saturated rings. The molecule has 0 spiro atoms.